The van der Waals surface area contributed by atoms with Crippen LogP contribution >= 0.6 is 55.0 Å². The van der Waals surface area contributed by atoms with Gasteiger partial charge in [-0.25, -0.2) is 0 Å². The molecule has 20 heavy (non-hydrogen) atoms. The average Bonchev–Trinajstić information content (AvgIpc) is 2.92. The molecule has 0 fully saturated rings. The van der Waals surface area contributed by atoms with Crippen molar-refractivity contribution in [2.24, 2.45) is 0 Å². The number of rotatable bonds is 3. The standard InChI is InChI=1S/C16H12Br2S2/c1-19-11-7-5-10(6-8-11)15(18)13-9-20-16-12(13)3-2-4-14(16)17/h2-9,15H,1H3. The molecule has 0 radical (unpaired) electrons. The lowest BCUT2D eigenvalue weighted by molar-refractivity contribution is 1.19. The van der Waals surface area contributed by atoms with Crippen LogP contribution in [0.1, 0.15) is 16.0 Å². The third kappa shape index (κ3) is 2.71. The molecule has 0 bridgehead atoms. The van der Waals surface area contributed by atoms with E-state index in [2.05, 4.69) is 86.0 Å². The van der Waals surface area contributed by atoms with Crippen molar-refractivity contribution in [1.29, 1.82) is 0 Å². The fourth-order valence-corrected chi connectivity index (χ4v) is 5.11. The highest BCUT2D eigenvalue weighted by molar-refractivity contribution is 9.10. The molecule has 0 saturated carbocycles. The highest BCUT2D eigenvalue weighted by Gasteiger charge is 2.16. The van der Waals surface area contributed by atoms with Crippen molar-refractivity contribution < 1.29 is 0 Å². The molecule has 102 valence electrons. The van der Waals surface area contributed by atoms with Gasteiger partial charge in [0.05, 0.1) is 4.83 Å². The maximum atomic E-state index is 3.85. The van der Waals surface area contributed by atoms with Gasteiger partial charge in [0.15, 0.2) is 0 Å². The van der Waals surface area contributed by atoms with E-state index < -0.39 is 0 Å². The van der Waals surface area contributed by atoms with Crippen LogP contribution in [0.4, 0.5) is 0 Å². The van der Waals surface area contributed by atoms with Gasteiger partial charge in [0, 0.05) is 14.1 Å². The maximum Gasteiger partial charge on any atom is 0.0658 e. The SMILES string of the molecule is CSc1ccc(C(Br)c2csc3c(Br)cccc23)cc1. The summed E-state index contributed by atoms with van der Waals surface area (Å²) in [6.07, 6.45) is 2.10. The van der Waals surface area contributed by atoms with Gasteiger partial charge in [0.1, 0.15) is 0 Å². The maximum absolute atomic E-state index is 3.85. The van der Waals surface area contributed by atoms with Gasteiger partial charge in [-0.05, 0) is 62.3 Å². The van der Waals surface area contributed by atoms with Crippen LogP contribution in [0.5, 0.6) is 0 Å². The second kappa shape index (κ2) is 6.22. The summed E-state index contributed by atoms with van der Waals surface area (Å²) in [5.41, 5.74) is 2.63. The first-order chi connectivity index (χ1) is 9.70. The molecule has 1 atom stereocenters. The molecule has 0 amide bonds. The number of hydrogen-bond donors (Lipinski definition) is 0. The zero-order valence-electron chi connectivity index (χ0n) is 10.8. The number of hydrogen-bond acceptors (Lipinski definition) is 2. The number of thioether (sulfide) groups is 1. The summed E-state index contributed by atoms with van der Waals surface area (Å²) >= 11 is 11.0. The van der Waals surface area contributed by atoms with E-state index in [1.807, 2.05) is 0 Å². The van der Waals surface area contributed by atoms with Crippen molar-refractivity contribution in [3.8, 4) is 0 Å². The van der Waals surface area contributed by atoms with Crippen molar-refractivity contribution in [3.05, 3.63) is 63.4 Å². The minimum Gasteiger partial charge on any atom is -0.142 e. The van der Waals surface area contributed by atoms with Crippen molar-refractivity contribution in [1.82, 2.24) is 0 Å². The van der Waals surface area contributed by atoms with Crippen molar-refractivity contribution in [3.63, 3.8) is 0 Å². The number of alkyl halides is 1. The summed E-state index contributed by atoms with van der Waals surface area (Å²) in [6, 6.07) is 15.1. The van der Waals surface area contributed by atoms with E-state index in [0.717, 1.165) is 0 Å². The van der Waals surface area contributed by atoms with Crippen LogP contribution in [0.2, 0.25) is 0 Å². The normalized spacial score (nSPS) is 12.8. The number of fused-ring (bicyclic) bond motifs is 1. The molecule has 1 unspecified atom stereocenters. The highest BCUT2D eigenvalue weighted by atomic mass is 79.9. The fourth-order valence-electron chi connectivity index (χ4n) is 2.19. The average molecular weight is 428 g/mol. The summed E-state index contributed by atoms with van der Waals surface area (Å²) < 4.78 is 2.48. The summed E-state index contributed by atoms with van der Waals surface area (Å²) in [4.78, 5) is 1.54. The second-order valence-corrected chi connectivity index (χ2v) is 7.97. The molecule has 1 heterocycles. The Labute approximate surface area is 143 Å². The van der Waals surface area contributed by atoms with Crippen molar-refractivity contribution >= 4 is 65.0 Å². The van der Waals surface area contributed by atoms with Gasteiger partial charge in [0.2, 0.25) is 0 Å². The minimum atomic E-state index is 0.237. The molecule has 4 heteroatoms. The van der Waals surface area contributed by atoms with Gasteiger partial charge in [-0.1, -0.05) is 40.2 Å². The van der Waals surface area contributed by atoms with Gasteiger partial charge >= 0.3 is 0 Å². The molecule has 0 aliphatic rings. The van der Waals surface area contributed by atoms with Crippen LogP contribution in [0.25, 0.3) is 10.1 Å². The largest absolute Gasteiger partial charge is 0.142 e. The first kappa shape index (κ1) is 14.6. The van der Waals surface area contributed by atoms with E-state index >= 15 is 0 Å². The molecule has 1 aromatic heterocycles. The Bertz CT molecular complexity index is 732. The van der Waals surface area contributed by atoms with E-state index in [9.17, 15) is 0 Å². The van der Waals surface area contributed by atoms with Gasteiger partial charge < -0.3 is 0 Å². The molecule has 0 saturated heterocycles. The lowest BCUT2D eigenvalue weighted by Gasteiger charge is -2.10. The van der Waals surface area contributed by atoms with Crippen LogP contribution < -0.4 is 0 Å². The van der Waals surface area contributed by atoms with Crippen LogP contribution in [0.3, 0.4) is 0 Å². The summed E-state index contributed by atoms with van der Waals surface area (Å²) in [5, 5.41) is 3.57. The Morgan fingerprint density at radius 2 is 1.85 bits per heavy atom. The van der Waals surface area contributed by atoms with Crippen LogP contribution in [-0.4, -0.2) is 6.26 Å². The summed E-state index contributed by atoms with van der Waals surface area (Å²) in [7, 11) is 0. The van der Waals surface area contributed by atoms with Crippen LogP contribution in [-0.2, 0) is 0 Å². The van der Waals surface area contributed by atoms with Gasteiger partial charge in [-0.15, -0.1) is 23.1 Å². The topological polar surface area (TPSA) is 0 Å². The van der Waals surface area contributed by atoms with Gasteiger partial charge in [-0.3, -0.25) is 0 Å². The lowest BCUT2D eigenvalue weighted by atomic mass is 10.0. The van der Waals surface area contributed by atoms with E-state index in [0.29, 0.717) is 0 Å². The third-order valence-corrected chi connectivity index (χ3v) is 7.00. The molecular weight excluding hydrogens is 416 g/mol. The predicted molar refractivity (Wildman–Crippen MR) is 98.5 cm³/mol. The van der Waals surface area contributed by atoms with E-state index in [4.69, 9.17) is 0 Å². The zero-order valence-corrected chi connectivity index (χ0v) is 15.6. The number of benzene rings is 2. The molecule has 0 N–H and O–H groups in total. The van der Waals surface area contributed by atoms with E-state index in [-0.39, 0.29) is 4.83 Å². The molecule has 3 rings (SSSR count). The molecule has 0 spiro atoms. The first-order valence-corrected chi connectivity index (χ1v) is 9.95. The highest BCUT2D eigenvalue weighted by Crippen LogP contribution is 2.41. The van der Waals surface area contributed by atoms with Crippen LogP contribution in [0, 0.1) is 0 Å². The van der Waals surface area contributed by atoms with Gasteiger partial charge in [0.25, 0.3) is 0 Å². The number of thiophene rings is 1. The minimum absolute atomic E-state index is 0.237. The third-order valence-electron chi connectivity index (χ3n) is 3.26. The quantitative estimate of drug-likeness (QED) is 0.324. The number of halogens is 2. The van der Waals surface area contributed by atoms with E-state index in [1.54, 1.807) is 23.1 Å². The van der Waals surface area contributed by atoms with E-state index in [1.165, 1.54) is 30.6 Å². The Kier molecular flexibility index (Phi) is 4.55. The first-order valence-electron chi connectivity index (χ1n) is 6.14. The fraction of sp³-hybridized carbons (Fsp3) is 0.125. The molecular formula is C16H12Br2S2. The van der Waals surface area contributed by atoms with Crippen LogP contribution in [0.15, 0.2) is 57.2 Å². The molecule has 0 nitrogen and oxygen atoms in total. The summed E-state index contributed by atoms with van der Waals surface area (Å²) in [5.74, 6) is 0. The van der Waals surface area contributed by atoms with Gasteiger partial charge in [-0.2, -0.15) is 0 Å². The van der Waals surface area contributed by atoms with Crippen molar-refractivity contribution in [2.45, 2.75) is 9.72 Å². The Morgan fingerprint density at radius 1 is 1.10 bits per heavy atom. The monoisotopic (exact) mass is 426 g/mol. The Morgan fingerprint density at radius 3 is 2.55 bits per heavy atom. The smallest absolute Gasteiger partial charge is 0.0658 e. The Hall–Kier alpha value is -0.290. The predicted octanol–water partition coefficient (Wildman–Crippen LogP) is 6.87. The second-order valence-electron chi connectivity index (χ2n) is 4.44. The zero-order chi connectivity index (χ0) is 14.1. The molecule has 0 aliphatic carbocycles. The summed E-state index contributed by atoms with van der Waals surface area (Å²) in [6.45, 7) is 0. The molecule has 3 aromatic rings. The van der Waals surface area contributed by atoms with Crippen molar-refractivity contribution in [2.75, 3.05) is 6.26 Å². The molecule has 2 aromatic carbocycles. The lowest BCUT2D eigenvalue weighted by Crippen LogP contribution is -1.91. The molecule has 0 aliphatic heterocycles. The Balaban J connectivity index is 2.03.